The third-order valence-electron chi connectivity index (χ3n) is 4.93. The van der Waals surface area contributed by atoms with Crippen molar-refractivity contribution in [1.29, 1.82) is 0 Å². The van der Waals surface area contributed by atoms with E-state index in [4.69, 9.17) is 33.7 Å². The van der Waals surface area contributed by atoms with Crippen molar-refractivity contribution in [2.24, 2.45) is 0 Å². The van der Waals surface area contributed by atoms with Crippen LogP contribution in [0.1, 0.15) is 30.4 Å². The summed E-state index contributed by atoms with van der Waals surface area (Å²) in [4.78, 5) is 9.05. The van der Waals surface area contributed by atoms with Gasteiger partial charge in [0.25, 0.3) is 0 Å². The summed E-state index contributed by atoms with van der Waals surface area (Å²) < 4.78 is 33.1. The molecular weight excluding hydrogens is 447 g/mol. The van der Waals surface area contributed by atoms with E-state index in [0.29, 0.717) is 48.4 Å². The van der Waals surface area contributed by atoms with Crippen LogP contribution in [-0.2, 0) is 27.7 Å². The van der Waals surface area contributed by atoms with Crippen LogP contribution in [0.15, 0.2) is 23.1 Å². The molecule has 0 fully saturated rings. The molecule has 3 aromatic rings. The number of hydrogen-bond acceptors (Lipinski definition) is 6. The molecule has 0 spiro atoms. The number of nitrogen functional groups attached to an aromatic ring is 1. The molecule has 0 bridgehead atoms. The lowest BCUT2D eigenvalue weighted by Gasteiger charge is -2.12. The summed E-state index contributed by atoms with van der Waals surface area (Å²) in [5, 5.41) is 0.513. The summed E-state index contributed by atoms with van der Waals surface area (Å²) in [5.41, 5.74) is 9.32. The van der Waals surface area contributed by atoms with Crippen LogP contribution in [0, 0.1) is 13.8 Å². The Bertz CT molecular complexity index is 1190. The zero-order valence-electron chi connectivity index (χ0n) is 17.1. The van der Waals surface area contributed by atoms with Gasteiger partial charge in [0.1, 0.15) is 17.9 Å². The molecule has 0 aliphatic heterocycles. The minimum absolute atomic E-state index is 0.0688. The lowest BCUT2D eigenvalue weighted by Crippen LogP contribution is -2.13. The van der Waals surface area contributed by atoms with Crippen molar-refractivity contribution < 1.29 is 13.2 Å². The van der Waals surface area contributed by atoms with Crippen LogP contribution in [0.3, 0.4) is 0 Å². The number of ether oxygens (including phenoxy) is 1. The number of aromatic nitrogens is 3. The van der Waals surface area contributed by atoms with Crippen LogP contribution < -0.4 is 5.73 Å². The van der Waals surface area contributed by atoms with E-state index in [1.165, 1.54) is 18.2 Å². The summed E-state index contributed by atoms with van der Waals surface area (Å²) in [6, 6.07) is 4.39. The van der Waals surface area contributed by atoms with Gasteiger partial charge in [0.15, 0.2) is 15.7 Å². The number of fused-ring (bicyclic) bond motifs is 1. The molecule has 162 valence electrons. The van der Waals surface area contributed by atoms with Gasteiger partial charge in [-0.2, -0.15) is 0 Å². The number of benzene rings is 1. The number of rotatable bonds is 8. The highest BCUT2D eigenvalue weighted by Gasteiger charge is 2.21. The predicted molar refractivity (Wildman–Crippen MR) is 120 cm³/mol. The van der Waals surface area contributed by atoms with Crippen LogP contribution in [0.2, 0.25) is 10.0 Å². The molecule has 2 aromatic heterocycles. The van der Waals surface area contributed by atoms with Crippen molar-refractivity contribution in [1.82, 2.24) is 14.5 Å². The predicted octanol–water partition coefficient (Wildman–Crippen LogP) is 4.34. The Morgan fingerprint density at radius 2 is 1.93 bits per heavy atom. The van der Waals surface area contributed by atoms with E-state index in [1.807, 2.05) is 25.3 Å². The van der Waals surface area contributed by atoms with E-state index in [0.717, 1.165) is 16.8 Å². The standard InChI is InChI=1S/C20H24Cl2N4O3S/c1-4-29-11-17-25-18-19(12(2)13(3)24-20(18)23)26(17)8-5-9-30(27,28)16-7-6-14(21)10-15(16)22/h6-7,10H,4-5,8-9,11H2,1-3H3,(H2,23,24). The first-order valence-electron chi connectivity index (χ1n) is 9.53. The Balaban J connectivity index is 1.91. The van der Waals surface area contributed by atoms with E-state index in [9.17, 15) is 8.42 Å². The van der Waals surface area contributed by atoms with Gasteiger partial charge in [-0.05, 0) is 51.0 Å². The van der Waals surface area contributed by atoms with Crippen molar-refractivity contribution in [3.05, 3.63) is 45.3 Å². The first-order chi connectivity index (χ1) is 14.2. The zero-order chi connectivity index (χ0) is 22.1. The molecule has 3 rings (SSSR count). The lowest BCUT2D eigenvalue weighted by atomic mass is 10.2. The van der Waals surface area contributed by atoms with E-state index in [-0.39, 0.29) is 15.7 Å². The topological polar surface area (TPSA) is 100 Å². The van der Waals surface area contributed by atoms with Crippen LogP contribution in [0.5, 0.6) is 0 Å². The third-order valence-corrected chi connectivity index (χ3v) is 7.45. The van der Waals surface area contributed by atoms with Crippen LogP contribution in [0.25, 0.3) is 11.0 Å². The SMILES string of the molecule is CCOCc1nc2c(N)nc(C)c(C)c2n1CCCS(=O)(=O)c1ccc(Cl)cc1Cl. The minimum atomic E-state index is -3.56. The molecule has 10 heteroatoms. The maximum atomic E-state index is 12.8. The number of nitrogens with zero attached hydrogens (tertiary/aromatic N) is 3. The number of nitrogens with two attached hydrogens (primary N) is 1. The van der Waals surface area contributed by atoms with E-state index >= 15 is 0 Å². The number of hydrogen-bond donors (Lipinski definition) is 1. The molecule has 1 aromatic carbocycles. The van der Waals surface area contributed by atoms with Gasteiger partial charge in [-0.1, -0.05) is 23.2 Å². The van der Waals surface area contributed by atoms with Gasteiger partial charge >= 0.3 is 0 Å². The van der Waals surface area contributed by atoms with Crippen LogP contribution in [0.4, 0.5) is 5.82 Å². The van der Waals surface area contributed by atoms with Gasteiger partial charge in [0.05, 0.1) is 21.2 Å². The van der Waals surface area contributed by atoms with Gasteiger partial charge < -0.3 is 15.0 Å². The summed E-state index contributed by atoms with van der Waals surface area (Å²) in [6.07, 6.45) is 0.368. The van der Waals surface area contributed by atoms with E-state index in [1.54, 1.807) is 0 Å². The fourth-order valence-corrected chi connectivity index (χ4v) is 5.46. The highest BCUT2D eigenvalue weighted by atomic mass is 35.5. The molecule has 0 atom stereocenters. The molecule has 30 heavy (non-hydrogen) atoms. The number of halogens is 2. The number of anilines is 1. The average molecular weight is 471 g/mol. The first-order valence-corrected chi connectivity index (χ1v) is 11.9. The van der Waals surface area contributed by atoms with Crippen molar-refractivity contribution in [2.45, 2.75) is 45.2 Å². The zero-order valence-corrected chi connectivity index (χ0v) is 19.4. The maximum Gasteiger partial charge on any atom is 0.179 e. The molecule has 0 aliphatic carbocycles. The number of pyridine rings is 1. The van der Waals surface area contributed by atoms with Gasteiger partial charge in [-0.25, -0.2) is 18.4 Å². The summed E-state index contributed by atoms with van der Waals surface area (Å²) in [5.74, 6) is 0.974. The largest absolute Gasteiger partial charge is 0.382 e. The fourth-order valence-electron chi connectivity index (χ4n) is 3.34. The second-order valence-corrected chi connectivity index (χ2v) is 9.89. The van der Waals surface area contributed by atoms with Crippen molar-refractivity contribution in [3.63, 3.8) is 0 Å². The van der Waals surface area contributed by atoms with Gasteiger partial charge in [-0.3, -0.25) is 0 Å². The summed E-state index contributed by atoms with van der Waals surface area (Å²) in [6.45, 7) is 7.03. The Morgan fingerprint density at radius 3 is 2.60 bits per heavy atom. The highest BCUT2D eigenvalue weighted by molar-refractivity contribution is 7.91. The highest BCUT2D eigenvalue weighted by Crippen LogP contribution is 2.28. The molecule has 2 N–H and O–H groups in total. The Kier molecular flexibility index (Phi) is 6.91. The summed E-state index contributed by atoms with van der Waals surface area (Å²) >= 11 is 12.0. The Morgan fingerprint density at radius 1 is 1.20 bits per heavy atom. The Labute approximate surface area is 186 Å². The molecule has 2 heterocycles. The van der Waals surface area contributed by atoms with Gasteiger partial charge in [-0.15, -0.1) is 0 Å². The molecule has 7 nitrogen and oxygen atoms in total. The van der Waals surface area contributed by atoms with E-state index < -0.39 is 9.84 Å². The lowest BCUT2D eigenvalue weighted by molar-refractivity contribution is 0.126. The quantitative estimate of drug-likeness (QED) is 0.525. The van der Waals surface area contributed by atoms with Crippen molar-refractivity contribution in [2.75, 3.05) is 18.1 Å². The minimum Gasteiger partial charge on any atom is -0.382 e. The molecule has 0 saturated heterocycles. The molecule has 0 amide bonds. The second kappa shape index (κ2) is 9.09. The number of imidazole rings is 1. The smallest absolute Gasteiger partial charge is 0.179 e. The first kappa shape index (κ1) is 22.8. The number of sulfone groups is 1. The third kappa shape index (κ3) is 4.56. The molecule has 0 aliphatic rings. The molecular formula is C20H24Cl2N4O3S. The monoisotopic (exact) mass is 470 g/mol. The summed E-state index contributed by atoms with van der Waals surface area (Å²) in [7, 11) is -3.56. The van der Waals surface area contributed by atoms with Crippen molar-refractivity contribution in [3.8, 4) is 0 Å². The van der Waals surface area contributed by atoms with Crippen LogP contribution in [-0.4, -0.2) is 35.3 Å². The van der Waals surface area contributed by atoms with E-state index in [2.05, 4.69) is 9.97 Å². The molecule has 0 unspecified atom stereocenters. The van der Waals surface area contributed by atoms with Gasteiger partial charge in [0, 0.05) is 23.9 Å². The molecule has 0 saturated carbocycles. The fraction of sp³-hybridized carbons (Fsp3) is 0.400. The van der Waals surface area contributed by atoms with Crippen molar-refractivity contribution >= 4 is 49.9 Å². The van der Waals surface area contributed by atoms with Gasteiger partial charge in [0.2, 0.25) is 0 Å². The molecule has 0 radical (unpaired) electrons. The Hall–Kier alpha value is -1.87. The second-order valence-electron chi connectivity index (χ2n) is 6.97. The van der Waals surface area contributed by atoms with Crippen LogP contribution >= 0.6 is 23.2 Å². The maximum absolute atomic E-state index is 12.8. The number of aryl methyl sites for hydroxylation is 3. The normalized spacial score (nSPS) is 12.0. The average Bonchev–Trinajstić information content (AvgIpc) is 3.03.